The Morgan fingerprint density at radius 3 is 2.38 bits per heavy atom. The Labute approximate surface area is 79.6 Å². The minimum absolute atomic E-state index is 0.112. The molecule has 0 saturated carbocycles. The summed E-state index contributed by atoms with van der Waals surface area (Å²) in [7, 11) is -3.10. The number of aliphatic hydroxyl groups excluding tert-OH is 1. The average Bonchev–Trinajstić information content (AvgIpc) is 2.47. The van der Waals surface area contributed by atoms with Gasteiger partial charge in [-0.25, -0.2) is 8.42 Å². The Morgan fingerprint density at radius 2 is 2.00 bits per heavy atom. The van der Waals surface area contributed by atoms with Crippen molar-refractivity contribution in [1.82, 2.24) is 4.31 Å². The van der Waals surface area contributed by atoms with Crippen molar-refractivity contribution < 1.29 is 13.5 Å². The second-order valence-electron chi connectivity index (χ2n) is 3.45. The molecular weight excluding hydrogens is 190 g/mol. The minimum atomic E-state index is -3.10. The minimum Gasteiger partial charge on any atom is -0.391 e. The Kier molecular flexibility index (Phi) is 3.32. The van der Waals surface area contributed by atoms with E-state index >= 15 is 0 Å². The molecule has 13 heavy (non-hydrogen) atoms. The SMILES string of the molecule is CCC1CN(S(=O)(=O)CC)CC1O. The molecular formula is C8H17NO3S. The molecule has 1 rings (SSSR count). The predicted molar refractivity (Wildman–Crippen MR) is 50.8 cm³/mol. The number of aliphatic hydroxyl groups is 1. The van der Waals surface area contributed by atoms with E-state index in [-0.39, 0.29) is 18.2 Å². The number of rotatable bonds is 3. The highest BCUT2D eigenvalue weighted by atomic mass is 32.2. The standard InChI is InChI=1S/C8H17NO3S/c1-3-7-5-9(6-8(7)10)13(11,12)4-2/h7-8,10H,3-6H2,1-2H3. The van der Waals surface area contributed by atoms with E-state index < -0.39 is 16.1 Å². The van der Waals surface area contributed by atoms with Crippen LogP contribution < -0.4 is 0 Å². The zero-order valence-corrected chi connectivity index (χ0v) is 8.92. The highest BCUT2D eigenvalue weighted by Gasteiger charge is 2.35. The quantitative estimate of drug-likeness (QED) is 0.711. The van der Waals surface area contributed by atoms with Gasteiger partial charge in [0.15, 0.2) is 0 Å². The molecule has 5 heteroatoms. The Morgan fingerprint density at radius 1 is 1.38 bits per heavy atom. The maximum absolute atomic E-state index is 11.4. The third kappa shape index (κ3) is 2.21. The maximum Gasteiger partial charge on any atom is 0.213 e. The predicted octanol–water partition coefficient (Wildman–Crippen LogP) is 0.0388. The molecule has 0 spiro atoms. The fraction of sp³-hybridized carbons (Fsp3) is 1.00. The Balaban J connectivity index is 2.68. The summed E-state index contributed by atoms with van der Waals surface area (Å²) in [6.07, 6.45) is 0.350. The summed E-state index contributed by atoms with van der Waals surface area (Å²) < 4.78 is 24.2. The normalized spacial score (nSPS) is 31.0. The molecule has 1 fully saturated rings. The first-order chi connectivity index (χ1) is 6.01. The van der Waals surface area contributed by atoms with Crippen LogP contribution >= 0.6 is 0 Å². The van der Waals surface area contributed by atoms with E-state index in [0.29, 0.717) is 6.54 Å². The molecule has 0 aromatic rings. The molecule has 2 atom stereocenters. The van der Waals surface area contributed by atoms with Crippen LogP contribution in [0.3, 0.4) is 0 Å². The summed E-state index contributed by atoms with van der Waals surface area (Å²) in [5.74, 6) is 0.234. The van der Waals surface area contributed by atoms with Gasteiger partial charge in [0, 0.05) is 13.1 Å². The fourth-order valence-electron chi connectivity index (χ4n) is 1.63. The van der Waals surface area contributed by atoms with Crippen LogP contribution in [-0.2, 0) is 10.0 Å². The summed E-state index contributed by atoms with van der Waals surface area (Å²) in [4.78, 5) is 0. The lowest BCUT2D eigenvalue weighted by molar-refractivity contribution is 0.143. The first-order valence-electron chi connectivity index (χ1n) is 4.67. The van der Waals surface area contributed by atoms with Crippen LogP contribution in [0.15, 0.2) is 0 Å². The van der Waals surface area contributed by atoms with Crippen molar-refractivity contribution in [3.8, 4) is 0 Å². The number of nitrogens with zero attached hydrogens (tertiary/aromatic N) is 1. The van der Waals surface area contributed by atoms with Crippen LogP contribution in [0.4, 0.5) is 0 Å². The molecule has 1 aliphatic rings. The van der Waals surface area contributed by atoms with Gasteiger partial charge in [0.1, 0.15) is 0 Å². The number of hydrogen-bond donors (Lipinski definition) is 1. The number of β-amino-alcohol motifs (C(OH)–C–C–N with tert-alkyl or cyclic N) is 1. The molecule has 2 unspecified atom stereocenters. The van der Waals surface area contributed by atoms with Gasteiger partial charge in [0.25, 0.3) is 0 Å². The zero-order valence-electron chi connectivity index (χ0n) is 8.10. The van der Waals surface area contributed by atoms with Crippen molar-refractivity contribution in [3.05, 3.63) is 0 Å². The second kappa shape index (κ2) is 3.94. The van der Waals surface area contributed by atoms with Crippen molar-refractivity contribution in [1.29, 1.82) is 0 Å². The highest BCUT2D eigenvalue weighted by molar-refractivity contribution is 7.89. The lowest BCUT2D eigenvalue weighted by Crippen LogP contribution is -2.30. The van der Waals surface area contributed by atoms with Crippen molar-refractivity contribution in [2.45, 2.75) is 26.4 Å². The van der Waals surface area contributed by atoms with Gasteiger partial charge in [0.05, 0.1) is 11.9 Å². The summed E-state index contributed by atoms with van der Waals surface area (Å²) in [6, 6.07) is 0. The van der Waals surface area contributed by atoms with E-state index in [1.807, 2.05) is 6.92 Å². The van der Waals surface area contributed by atoms with Crippen molar-refractivity contribution in [2.24, 2.45) is 5.92 Å². The van der Waals surface area contributed by atoms with Gasteiger partial charge in [-0.1, -0.05) is 6.92 Å². The molecule has 1 saturated heterocycles. The molecule has 0 aromatic heterocycles. The fourth-order valence-corrected chi connectivity index (χ4v) is 2.79. The van der Waals surface area contributed by atoms with Crippen LogP contribution in [0.25, 0.3) is 0 Å². The molecule has 0 bridgehead atoms. The van der Waals surface area contributed by atoms with Crippen LogP contribution in [0.2, 0.25) is 0 Å². The lowest BCUT2D eigenvalue weighted by Gasteiger charge is -2.13. The molecule has 1 heterocycles. The van der Waals surface area contributed by atoms with Gasteiger partial charge in [-0.15, -0.1) is 0 Å². The largest absolute Gasteiger partial charge is 0.391 e. The third-order valence-corrected chi connectivity index (χ3v) is 4.47. The first kappa shape index (κ1) is 10.9. The average molecular weight is 207 g/mol. The Bertz CT molecular complexity index is 263. The summed E-state index contributed by atoms with van der Waals surface area (Å²) >= 11 is 0. The van der Waals surface area contributed by atoms with Gasteiger partial charge in [0.2, 0.25) is 10.0 Å². The van der Waals surface area contributed by atoms with Crippen molar-refractivity contribution in [2.75, 3.05) is 18.8 Å². The Hall–Kier alpha value is -0.130. The van der Waals surface area contributed by atoms with Gasteiger partial charge in [-0.3, -0.25) is 0 Å². The highest BCUT2D eigenvalue weighted by Crippen LogP contribution is 2.22. The molecule has 0 aliphatic carbocycles. The molecule has 0 amide bonds. The van der Waals surface area contributed by atoms with Gasteiger partial charge in [-0.2, -0.15) is 4.31 Å². The van der Waals surface area contributed by atoms with E-state index in [1.165, 1.54) is 4.31 Å². The first-order valence-corrected chi connectivity index (χ1v) is 6.28. The smallest absolute Gasteiger partial charge is 0.213 e. The monoisotopic (exact) mass is 207 g/mol. The number of hydrogen-bond acceptors (Lipinski definition) is 3. The van der Waals surface area contributed by atoms with E-state index in [1.54, 1.807) is 6.92 Å². The van der Waals surface area contributed by atoms with Crippen molar-refractivity contribution >= 4 is 10.0 Å². The topological polar surface area (TPSA) is 57.6 Å². The summed E-state index contributed by atoms with van der Waals surface area (Å²) in [5.41, 5.74) is 0. The van der Waals surface area contributed by atoms with Crippen molar-refractivity contribution in [3.63, 3.8) is 0 Å². The van der Waals surface area contributed by atoms with Crippen LogP contribution in [0.5, 0.6) is 0 Å². The van der Waals surface area contributed by atoms with Crippen LogP contribution in [0, 0.1) is 5.92 Å². The van der Waals surface area contributed by atoms with Crippen LogP contribution in [0.1, 0.15) is 20.3 Å². The van der Waals surface area contributed by atoms with Crippen LogP contribution in [-0.4, -0.2) is 42.8 Å². The van der Waals surface area contributed by atoms with Gasteiger partial charge < -0.3 is 5.11 Å². The van der Waals surface area contributed by atoms with E-state index in [0.717, 1.165) is 6.42 Å². The van der Waals surface area contributed by atoms with Gasteiger partial charge >= 0.3 is 0 Å². The number of sulfonamides is 1. The van der Waals surface area contributed by atoms with Gasteiger partial charge in [-0.05, 0) is 19.3 Å². The molecule has 78 valence electrons. The lowest BCUT2D eigenvalue weighted by atomic mass is 10.0. The van der Waals surface area contributed by atoms with E-state index in [9.17, 15) is 13.5 Å². The maximum atomic E-state index is 11.4. The molecule has 0 aromatic carbocycles. The molecule has 1 aliphatic heterocycles. The van der Waals surface area contributed by atoms with E-state index in [2.05, 4.69) is 0 Å². The summed E-state index contributed by atoms with van der Waals surface area (Å²) in [6.45, 7) is 4.35. The molecule has 4 nitrogen and oxygen atoms in total. The third-order valence-electron chi connectivity index (χ3n) is 2.66. The molecule has 0 radical (unpaired) electrons. The summed E-state index contributed by atoms with van der Waals surface area (Å²) in [5, 5.41) is 9.51. The zero-order chi connectivity index (χ0) is 10.1. The second-order valence-corrected chi connectivity index (χ2v) is 5.71. The molecule has 1 N–H and O–H groups in total. The van der Waals surface area contributed by atoms with E-state index in [4.69, 9.17) is 0 Å².